The molecular weight excluding hydrogens is 484 g/mol. The van der Waals surface area contributed by atoms with Gasteiger partial charge in [-0.05, 0) is 55.3 Å². The van der Waals surface area contributed by atoms with Gasteiger partial charge in [0.1, 0.15) is 11.2 Å². The van der Waals surface area contributed by atoms with Gasteiger partial charge in [-0.3, -0.25) is 9.69 Å². The molecule has 1 unspecified atom stereocenters. The molecule has 0 aliphatic carbocycles. The topological polar surface area (TPSA) is 26.8 Å². The van der Waals surface area contributed by atoms with Crippen LogP contribution in [0.3, 0.4) is 0 Å². The quantitative estimate of drug-likeness (QED) is 0.431. The lowest BCUT2D eigenvalue weighted by Crippen LogP contribution is -2.49. The minimum absolute atomic E-state index is 0. The normalized spacial score (nSPS) is 19.7. The highest BCUT2D eigenvalue weighted by Gasteiger charge is 2.51. The van der Waals surface area contributed by atoms with Crippen molar-refractivity contribution in [2.45, 2.75) is 18.8 Å². The van der Waals surface area contributed by atoms with E-state index in [1.54, 1.807) is 12.1 Å². The van der Waals surface area contributed by atoms with Crippen molar-refractivity contribution in [3.63, 3.8) is 0 Å². The number of amides is 1. The number of nitrogens with zero attached hydrogens (tertiary/aromatic N) is 3. The number of carbonyl (C=O) groups excluding carboxylic acids is 1. The van der Waals surface area contributed by atoms with Crippen LogP contribution in [0.4, 0.5) is 15.8 Å². The van der Waals surface area contributed by atoms with Crippen molar-refractivity contribution in [3.05, 3.63) is 95.8 Å². The molecule has 35 heavy (non-hydrogen) atoms. The van der Waals surface area contributed by atoms with Crippen molar-refractivity contribution in [1.29, 1.82) is 0 Å². The van der Waals surface area contributed by atoms with E-state index in [0.29, 0.717) is 6.54 Å². The third-order valence-corrected chi connectivity index (χ3v) is 7.20. The molecule has 0 aromatic heterocycles. The van der Waals surface area contributed by atoms with E-state index in [0.717, 1.165) is 61.6 Å². The van der Waals surface area contributed by atoms with Crippen molar-refractivity contribution in [2.75, 3.05) is 49.1 Å². The van der Waals surface area contributed by atoms with Crippen LogP contribution in [-0.4, -0.2) is 50.1 Å². The molecule has 1 atom stereocenters. The van der Waals surface area contributed by atoms with Crippen LogP contribution in [0.25, 0.3) is 0 Å². The molecule has 1 fully saturated rings. The summed E-state index contributed by atoms with van der Waals surface area (Å²) in [6.07, 6.45) is 0.739. The molecule has 0 spiro atoms. The van der Waals surface area contributed by atoms with Gasteiger partial charge in [0.25, 0.3) is 0 Å². The molecule has 2 aliphatic heterocycles. The van der Waals surface area contributed by atoms with Gasteiger partial charge in [0, 0.05) is 44.1 Å². The molecule has 7 heteroatoms. The van der Waals surface area contributed by atoms with Gasteiger partial charge in [-0.25, -0.2) is 4.39 Å². The fourth-order valence-electron chi connectivity index (χ4n) is 5.45. The number of piperazine rings is 1. The summed E-state index contributed by atoms with van der Waals surface area (Å²) in [7, 11) is 0. The van der Waals surface area contributed by atoms with Gasteiger partial charge in [-0.15, -0.1) is 24.8 Å². The summed E-state index contributed by atoms with van der Waals surface area (Å²) in [5.41, 5.74) is 3.49. The molecule has 3 aromatic carbocycles. The Morgan fingerprint density at radius 1 is 0.857 bits per heavy atom. The van der Waals surface area contributed by atoms with E-state index >= 15 is 0 Å². The summed E-state index contributed by atoms with van der Waals surface area (Å²) >= 11 is 0. The molecule has 1 saturated heterocycles. The number of halogens is 3. The first-order chi connectivity index (χ1) is 16.1. The molecule has 0 saturated carbocycles. The maximum absolute atomic E-state index is 13.9. The van der Waals surface area contributed by atoms with E-state index in [1.807, 2.05) is 48.2 Å². The Kier molecular flexibility index (Phi) is 8.81. The average molecular weight is 516 g/mol. The first kappa shape index (κ1) is 27.0. The minimum Gasteiger partial charge on any atom is -0.369 e. The lowest BCUT2D eigenvalue weighted by Gasteiger charge is -2.38. The Labute approximate surface area is 219 Å². The predicted octanol–water partition coefficient (Wildman–Crippen LogP) is 5.53. The number of likely N-dealkylation sites (N-methyl/N-ethyl adjacent to an activating group) is 1. The molecule has 0 bridgehead atoms. The number of benzene rings is 3. The van der Waals surface area contributed by atoms with Crippen molar-refractivity contribution >= 4 is 42.1 Å². The molecule has 186 valence electrons. The smallest absolute Gasteiger partial charge is 0.242 e. The van der Waals surface area contributed by atoms with Crippen LogP contribution < -0.4 is 9.80 Å². The number of hydrogen-bond donors (Lipinski definition) is 0. The molecular formula is C28H32Cl2FN3O. The van der Waals surface area contributed by atoms with Gasteiger partial charge in [0.2, 0.25) is 5.91 Å². The fourth-order valence-corrected chi connectivity index (χ4v) is 5.45. The summed E-state index contributed by atoms with van der Waals surface area (Å²) in [5, 5.41) is 0. The lowest BCUT2D eigenvalue weighted by molar-refractivity contribution is -0.122. The summed E-state index contributed by atoms with van der Waals surface area (Å²) in [5.74, 6) is -0.0191. The van der Waals surface area contributed by atoms with E-state index in [4.69, 9.17) is 0 Å². The minimum atomic E-state index is -0.659. The molecule has 2 aliphatic rings. The molecule has 1 amide bonds. The number of carbonyl (C=O) groups is 1. The Morgan fingerprint density at radius 3 is 2.23 bits per heavy atom. The molecule has 3 aromatic rings. The Bertz CT molecular complexity index is 1140. The average Bonchev–Trinajstić information content (AvgIpc) is 3.11. The fraction of sp³-hybridized carbons (Fsp3) is 0.321. The Morgan fingerprint density at radius 2 is 1.54 bits per heavy atom. The summed E-state index contributed by atoms with van der Waals surface area (Å²) in [6.45, 7) is 7.05. The van der Waals surface area contributed by atoms with Gasteiger partial charge in [0.15, 0.2) is 0 Å². The van der Waals surface area contributed by atoms with Gasteiger partial charge in [0.05, 0.1) is 0 Å². The van der Waals surface area contributed by atoms with Crippen molar-refractivity contribution < 1.29 is 9.18 Å². The van der Waals surface area contributed by atoms with E-state index in [2.05, 4.69) is 34.1 Å². The van der Waals surface area contributed by atoms with E-state index in [1.165, 1.54) is 6.07 Å². The third-order valence-electron chi connectivity index (χ3n) is 7.20. The van der Waals surface area contributed by atoms with Crippen LogP contribution in [0, 0.1) is 5.82 Å². The predicted molar refractivity (Wildman–Crippen MR) is 146 cm³/mol. The summed E-state index contributed by atoms with van der Waals surface area (Å²) in [4.78, 5) is 20.5. The number of fused-ring (bicyclic) bond motifs is 1. The van der Waals surface area contributed by atoms with Gasteiger partial charge < -0.3 is 9.80 Å². The zero-order chi connectivity index (χ0) is 22.8. The van der Waals surface area contributed by atoms with E-state index < -0.39 is 5.41 Å². The molecule has 4 nitrogen and oxygen atoms in total. The van der Waals surface area contributed by atoms with Crippen LogP contribution in [0.1, 0.15) is 24.5 Å². The first-order valence-corrected chi connectivity index (χ1v) is 11.8. The number of rotatable bonds is 6. The van der Waals surface area contributed by atoms with Crippen LogP contribution in [-0.2, 0) is 10.2 Å². The largest absolute Gasteiger partial charge is 0.369 e. The van der Waals surface area contributed by atoms with Crippen molar-refractivity contribution in [3.8, 4) is 0 Å². The van der Waals surface area contributed by atoms with Gasteiger partial charge in [-0.2, -0.15) is 0 Å². The second-order valence-corrected chi connectivity index (χ2v) is 8.90. The second-order valence-electron chi connectivity index (χ2n) is 8.90. The molecule has 2 heterocycles. The second kappa shape index (κ2) is 11.4. The maximum Gasteiger partial charge on any atom is 0.242 e. The highest BCUT2D eigenvalue weighted by atomic mass is 35.5. The van der Waals surface area contributed by atoms with E-state index in [-0.39, 0.29) is 36.5 Å². The first-order valence-electron chi connectivity index (χ1n) is 11.8. The van der Waals surface area contributed by atoms with Crippen LogP contribution in [0.2, 0.25) is 0 Å². The Hall–Kier alpha value is -2.60. The van der Waals surface area contributed by atoms with Crippen molar-refractivity contribution in [1.82, 2.24) is 4.90 Å². The monoisotopic (exact) mass is 515 g/mol. The molecule has 0 N–H and O–H groups in total. The van der Waals surface area contributed by atoms with Crippen LogP contribution in [0.5, 0.6) is 0 Å². The maximum atomic E-state index is 13.9. The number of para-hydroxylation sites is 1. The summed E-state index contributed by atoms with van der Waals surface area (Å²) in [6, 6.07) is 25.3. The third kappa shape index (κ3) is 4.90. The van der Waals surface area contributed by atoms with Gasteiger partial charge >= 0.3 is 0 Å². The highest BCUT2D eigenvalue weighted by Crippen LogP contribution is 2.48. The summed E-state index contributed by atoms with van der Waals surface area (Å²) < 4.78 is 13.6. The standard InChI is InChI=1S/C28H30FN3O.2ClH/c1-2-32-26-14-7-6-13-25(26)28(27(32)33,22-9-4-3-5-10-22)15-16-30-17-19-31(20-18-30)24-12-8-11-23(29)21-24;;/h3-14,21H,2,15-20H2,1H3;2*1H. The van der Waals surface area contributed by atoms with Crippen LogP contribution in [0.15, 0.2) is 78.9 Å². The SMILES string of the molecule is CCN1C(=O)C(CCN2CCN(c3cccc(F)c3)CC2)(c2ccccc2)c2ccccc21.Cl.Cl. The van der Waals surface area contributed by atoms with E-state index in [9.17, 15) is 9.18 Å². The Balaban J connectivity index is 0.00000171. The van der Waals surface area contributed by atoms with Crippen molar-refractivity contribution in [2.24, 2.45) is 0 Å². The highest BCUT2D eigenvalue weighted by molar-refractivity contribution is 6.10. The molecule has 5 rings (SSSR count). The number of hydrogen-bond acceptors (Lipinski definition) is 3. The van der Waals surface area contributed by atoms with Gasteiger partial charge in [-0.1, -0.05) is 54.6 Å². The molecule has 0 radical (unpaired) electrons. The zero-order valence-corrected chi connectivity index (χ0v) is 21.5. The lowest BCUT2D eigenvalue weighted by atomic mass is 9.72. The van der Waals surface area contributed by atoms with Crippen LogP contribution >= 0.6 is 24.8 Å². The zero-order valence-electron chi connectivity index (χ0n) is 19.9. The number of anilines is 2.